The molecule has 5 heteroatoms. The molecular formula is C22H31N3OS. The molecular weight excluding hydrogens is 354 g/mol. The normalized spacial score (nSPS) is 16.4. The fourth-order valence-electron chi connectivity index (χ4n) is 3.14. The Morgan fingerprint density at radius 2 is 1.89 bits per heavy atom. The largest absolute Gasteiger partial charge is 0.378 e. The van der Waals surface area contributed by atoms with Crippen molar-refractivity contribution in [2.45, 2.75) is 49.9 Å². The Hall–Kier alpha value is -1.56. The highest BCUT2D eigenvalue weighted by Crippen LogP contribution is 2.36. The Morgan fingerprint density at radius 1 is 1.15 bits per heavy atom. The van der Waals surface area contributed by atoms with Gasteiger partial charge in [-0.2, -0.15) is 0 Å². The molecule has 1 N–H and O–H groups in total. The van der Waals surface area contributed by atoms with Crippen molar-refractivity contribution in [2.75, 3.05) is 31.2 Å². The molecule has 1 saturated heterocycles. The lowest BCUT2D eigenvalue weighted by Gasteiger charge is -2.27. The van der Waals surface area contributed by atoms with Gasteiger partial charge in [0.25, 0.3) is 0 Å². The summed E-state index contributed by atoms with van der Waals surface area (Å²) in [5.41, 5.74) is 2.56. The summed E-state index contributed by atoms with van der Waals surface area (Å²) >= 11 is 1.93. The minimum Gasteiger partial charge on any atom is -0.378 e. The van der Waals surface area contributed by atoms with Crippen LogP contribution in [0.1, 0.15) is 44.9 Å². The maximum Gasteiger partial charge on any atom is 0.128 e. The topological polar surface area (TPSA) is 37.4 Å². The molecule has 0 saturated carbocycles. The summed E-state index contributed by atoms with van der Waals surface area (Å²) in [5, 5.41) is 3.65. The molecule has 1 aromatic carbocycles. The second-order valence-corrected chi connectivity index (χ2v) is 9.85. The second kappa shape index (κ2) is 9.09. The van der Waals surface area contributed by atoms with Gasteiger partial charge >= 0.3 is 0 Å². The van der Waals surface area contributed by atoms with Gasteiger partial charge in [-0.05, 0) is 30.2 Å². The quantitative estimate of drug-likeness (QED) is 0.732. The van der Waals surface area contributed by atoms with E-state index in [1.165, 1.54) is 16.0 Å². The van der Waals surface area contributed by atoms with Gasteiger partial charge in [0.05, 0.1) is 13.2 Å². The van der Waals surface area contributed by atoms with E-state index < -0.39 is 0 Å². The Balaban J connectivity index is 1.60. The first kappa shape index (κ1) is 20.2. The lowest BCUT2D eigenvalue weighted by molar-refractivity contribution is 0.122. The standard InChI is InChI=1S/C22H31N3OS/c1-17(19-7-5-6-8-20(19)27-22(2,3)4)23-15-18-9-10-21(24-16-18)25-11-13-26-14-12-25/h5-10,16-17,23H,11-15H2,1-4H3/t17-/m0/s1. The summed E-state index contributed by atoms with van der Waals surface area (Å²) < 4.78 is 5.61. The van der Waals surface area contributed by atoms with Gasteiger partial charge in [0, 0.05) is 41.5 Å². The van der Waals surface area contributed by atoms with E-state index in [-0.39, 0.29) is 10.8 Å². The smallest absolute Gasteiger partial charge is 0.128 e. The van der Waals surface area contributed by atoms with Crippen molar-refractivity contribution in [3.63, 3.8) is 0 Å². The maximum absolute atomic E-state index is 5.41. The van der Waals surface area contributed by atoms with Crippen molar-refractivity contribution < 1.29 is 4.74 Å². The number of hydrogen-bond acceptors (Lipinski definition) is 5. The first-order valence-electron chi connectivity index (χ1n) is 9.71. The molecule has 0 unspecified atom stereocenters. The zero-order valence-electron chi connectivity index (χ0n) is 16.9. The van der Waals surface area contributed by atoms with E-state index in [0.717, 1.165) is 38.7 Å². The summed E-state index contributed by atoms with van der Waals surface area (Å²) in [6.07, 6.45) is 1.99. The summed E-state index contributed by atoms with van der Waals surface area (Å²) in [7, 11) is 0. The minimum absolute atomic E-state index is 0.203. The molecule has 2 heterocycles. The second-order valence-electron chi connectivity index (χ2n) is 7.98. The van der Waals surface area contributed by atoms with Gasteiger partial charge in [0.2, 0.25) is 0 Å². The molecule has 0 aliphatic carbocycles. The number of thioether (sulfide) groups is 1. The van der Waals surface area contributed by atoms with E-state index in [0.29, 0.717) is 0 Å². The van der Waals surface area contributed by atoms with Crippen LogP contribution in [0.4, 0.5) is 5.82 Å². The van der Waals surface area contributed by atoms with Crippen LogP contribution >= 0.6 is 11.8 Å². The summed E-state index contributed by atoms with van der Waals surface area (Å²) in [5.74, 6) is 1.04. The Labute approximate surface area is 167 Å². The number of aromatic nitrogens is 1. The highest BCUT2D eigenvalue weighted by atomic mass is 32.2. The van der Waals surface area contributed by atoms with Gasteiger partial charge in [-0.1, -0.05) is 45.0 Å². The SMILES string of the molecule is C[C@H](NCc1ccc(N2CCOCC2)nc1)c1ccccc1SC(C)(C)C. The number of hydrogen-bond donors (Lipinski definition) is 1. The van der Waals surface area contributed by atoms with Gasteiger partial charge in [-0.25, -0.2) is 4.98 Å². The van der Waals surface area contributed by atoms with Crippen molar-refractivity contribution in [1.29, 1.82) is 0 Å². The van der Waals surface area contributed by atoms with Crippen molar-refractivity contribution >= 4 is 17.6 Å². The molecule has 0 bridgehead atoms. The number of nitrogens with zero attached hydrogens (tertiary/aromatic N) is 2. The molecule has 3 rings (SSSR count). The van der Waals surface area contributed by atoms with E-state index in [1.807, 2.05) is 18.0 Å². The van der Waals surface area contributed by atoms with Crippen LogP contribution in [0, 0.1) is 0 Å². The lowest BCUT2D eigenvalue weighted by atomic mass is 10.1. The molecule has 1 aromatic heterocycles. The average Bonchev–Trinajstić information content (AvgIpc) is 2.66. The fourth-order valence-corrected chi connectivity index (χ4v) is 4.31. The average molecular weight is 386 g/mol. The van der Waals surface area contributed by atoms with Crippen LogP contribution in [-0.4, -0.2) is 36.0 Å². The molecule has 27 heavy (non-hydrogen) atoms. The predicted octanol–water partition coefficient (Wildman–Crippen LogP) is 4.66. The van der Waals surface area contributed by atoms with Gasteiger partial charge < -0.3 is 15.0 Å². The first-order valence-corrected chi connectivity index (χ1v) is 10.5. The molecule has 4 nitrogen and oxygen atoms in total. The number of morpholine rings is 1. The molecule has 1 atom stereocenters. The van der Waals surface area contributed by atoms with Crippen molar-refractivity contribution in [3.8, 4) is 0 Å². The number of benzene rings is 1. The number of rotatable bonds is 6. The predicted molar refractivity (Wildman–Crippen MR) is 115 cm³/mol. The third-order valence-corrected chi connectivity index (χ3v) is 5.76. The molecule has 0 radical (unpaired) electrons. The fraction of sp³-hybridized carbons (Fsp3) is 0.500. The van der Waals surface area contributed by atoms with Gasteiger partial charge in [-0.3, -0.25) is 0 Å². The summed E-state index contributed by atoms with van der Waals surface area (Å²) in [6.45, 7) is 13.2. The third-order valence-electron chi connectivity index (χ3n) is 4.56. The molecule has 0 amide bonds. The van der Waals surface area contributed by atoms with E-state index >= 15 is 0 Å². The van der Waals surface area contributed by atoms with Crippen LogP contribution in [-0.2, 0) is 11.3 Å². The molecule has 0 spiro atoms. The summed E-state index contributed by atoms with van der Waals surface area (Å²) in [4.78, 5) is 8.28. The minimum atomic E-state index is 0.203. The molecule has 1 aliphatic rings. The Morgan fingerprint density at radius 3 is 2.56 bits per heavy atom. The van der Waals surface area contributed by atoms with E-state index in [2.05, 4.69) is 79.3 Å². The zero-order valence-corrected chi connectivity index (χ0v) is 17.7. The monoisotopic (exact) mass is 385 g/mol. The third kappa shape index (κ3) is 5.96. The van der Waals surface area contributed by atoms with Crippen LogP contribution < -0.4 is 10.2 Å². The molecule has 1 aliphatic heterocycles. The molecule has 1 fully saturated rings. The van der Waals surface area contributed by atoms with E-state index in [4.69, 9.17) is 4.74 Å². The van der Waals surface area contributed by atoms with Crippen LogP contribution in [0.5, 0.6) is 0 Å². The van der Waals surface area contributed by atoms with Gasteiger partial charge in [-0.15, -0.1) is 11.8 Å². The highest BCUT2D eigenvalue weighted by molar-refractivity contribution is 8.00. The number of pyridine rings is 1. The Kier molecular flexibility index (Phi) is 6.79. The highest BCUT2D eigenvalue weighted by Gasteiger charge is 2.17. The van der Waals surface area contributed by atoms with Crippen LogP contribution in [0.2, 0.25) is 0 Å². The number of ether oxygens (including phenoxy) is 1. The maximum atomic E-state index is 5.41. The van der Waals surface area contributed by atoms with Crippen molar-refractivity contribution in [1.82, 2.24) is 10.3 Å². The van der Waals surface area contributed by atoms with Crippen LogP contribution in [0.3, 0.4) is 0 Å². The first-order chi connectivity index (χ1) is 12.9. The Bertz CT molecular complexity index is 721. The van der Waals surface area contributed by atoms with Crippen LogP contribution in [0.25, 0.3) is 0 Å². The summed E-state index contributed by atoms with van der Waals surface area (Å²) in [6, 6.07) is 13.3. The zero-order chi connectivity index (χ0) is 19.3. The van der Waals surface area contributed by atoms with E-state index in [1.54, 1.807) is 0 Å². The van der Waals surface area contributed by atoms with E-state index in [9.17, 15) is 0 Å². The molecule has 146 valence electrons. The van der Waals surface area contributed by atoms with Crippen molar-refractivity contribution in [3.05, 3.63) is 53.7 Å². The van der Waals surface area contributed by atoms with Gasteiger partial charge in [0.15, 0.2) is 0 Å². The van der Waals surface area contributed by atoms with Crippen molar-refractivity contribution in [2.24, 2.45) is 0 Å². The lowest BCUT2D eigenvalue weighted by Crippen LogP contribution is -2.36. The van der Waals surface area contributed by atoms with Crippen LogP contribution in [0.15, 0.2) is 47.5 Å². The number of anilines is 1. The molecule has 2 aromatic rings. The van der Waals surface area contributed by atoms with Gasteiger partial charge in [0.1, 0.15) is 5.82 Å². The number of nitrogens with one attached hydrogen (secondary N) is 1.